The van der Waals surface area contributed by atoms with E-state index in [4.69, 9.17) is 9.26 Å². The van der Waals surface area contributed by atoms with Gasteiger partial charge in [-0.2, -0.15) is 0 Å². The number of halogens is 1. The number of piperidine rings is 1. The maximum atomic E-state index is 14.3. The molecule has 0 N–H and O–H groups in total. The van der Waals surface area contributed by atoms with Crippen molar-refractivity contribution in [2.45, 2.75) is 26.7 Å². The Hall–Kier alpha value is -3.29. The lowest BCUT2D eigenvalue weighted by Gasteiger charge is -2.31. The molecule has 1 aliphatic heterocycles. The summed E-state index contributed by atoms with van der Waals surface area (Å²) in [6.45, 7) is 4.60. The van der Waals surface area contributed by atoms with Gasteiger partial charge in [-0.05, 0) is 44.9 Å². The lowest BCUT2D eigenvalue weighted by Crippen LogP contribution is -2.43. The van der Waals surface area contributed by atoms with Gasteiger partial charge in [0.25, 0.3) is 11.6 Å². The smallest absolute Gasteiger partial charge is 0.310 e. The number of likely N-dealkylation sites (tertiary alicyclic amines) is 1. The quantitative estimate of drug-likeness (QED) is 0.608. The molecule has 1 amide bonds. The first-order valence-corrected chi connectivity index (χ1v) is 9.97. The van der Waals surface area contributed by atoms with Crippen LogP contribution in [0, 0.1) is 18.7 Å². The normalized spacial score (nSPS) is 16.6. The predicted octanol–water partition coefficient (Wildman–Crippen LogP) is 3.75. The standard InChI is InChI=1S/C22H22FN3O4/c1-3-29-22(28)14-7-6-10-26(12-14)21(27)16-11-18(15-8-4-5-9-17(15)23)24-20-19(16)13(2)25-30-20/h4-5,8-9,11,14H,3,6-7,10,12H2,1-2H3. The number of carbonyl (C=O) groups excluding carboxylic acids is 2. The molecule has 7 nitrogen and oxygen atoms in total. The number of aromatic nitrogens is 2. The molecule has 30 heavy (non-hydrogen) atoms. The van der Waals surface area contributed by atoms with E-state index in [1.807, 2.05) is 0 Å². The average molecular weight is 411 g/mol. The summed E-state index contributed by atoms with van der Waals surface area (Å²) in [6, 6.07) is 7.79. The number of rotatable bonds is 4. The Kier molecular flexibility index (Phi) is 5.48. The summed E-state index contributed by atoms with van der Waals surface area (Å²) >= 11 is 0. The maximum Gasteiger partial charge on any atom is 0.310 e. The number of esters is 1. The molecule has 1 fully saturated rings. The maximum absolute atomic E-state index is 14.3. The summed E-state index contributed by atoms with van der Waals surface area (Å²) in [6.07, 6.45) is 1.38. The van der Waals surface area contributed by atoms with Crippen LogP contribution in [0.3, 0.4) is 0 Å². The Labute approximate surface area is 172 Å². The molecule has 0 radical (unpaired) electrons. The van der Waals surface area contributed by atoms with E-state index in [1.54, 1.807) is 43.0 Å². The number of fused-ring (bicyclic) bond motifs is 1. The van der Waals surface area contributed by atoms with Crippen molar-refractivity contribution in [3.05, 3.63) is 47.4 Å². The SMILES string of the molecule is CCOC(=O)C1CCCN(C(=O)c2cc(-c3ccccc3F)nc3onc(C)c23)C1. The first-order chi connectivity index (χ1) is 14.5. The summed E-state index contributed by atoms with van der Waals surface area (Å²) < 4.78 is 24.8. The third-order valence-electron chi connectivity index (χ3n) is 5.33. The van der Waals surface area contributed by atoms with Gasteiger partial charge in [-0.15, -0.1) is 0 Å². The molecular formula is C22H22FN3O4. The van der Waals surface area contributed by atoms with Crippen molar-refractivity contribution in [1.29, 1.82) is 0 Å². The van der Waals surface area contributed by atoms with Gasteiger partial charge in [0, 0.05) is 18.7 Å². The van der Waals surface area contributed by atoms with Gasteiger partial charge in [0.1, 0.15) is 5.82 Å². The van der Waals surface area contributed by atoms with Gasteiger partial charge in [-0.1, -0.05) is 17.3 Å². The summed E-state index contributed by atoms with van der Waals surface area (Å²) in [4.78, 5) is 31.6. The predicted molar refractivity (Wildman–Crippen MR) is 107 cm³/mol. The van der Waals surface area contributed by atoms with Crippen LogP contribution < -0.4 is 0 Å². The van der Waals surface area contributed by atoms with E-state index < -0.39 is 5.82 Å². The Morgan fingerprint density at radius 2 is 2.13 bits per heavy atom. The first kappa shape index (κ1) is 20.0. The highest BCUT2D eigenvalue weighted by Gasteiger charge is 2.31. The molecule has 1 aromatic carbocycles. The van der Waals surface area contributed by atoms with Crippen LogP contribution in [0.5, 0.6) is 0 Å². The van der Waals surface area contributed by atoms with Crippen molar-refractivity contribution < 1.29 is 23.2 Å². The van der Waals surface area contributed by atoms with Crippen molar-refractivity contribution >= 4 is 23.0 Å². The van der Waals surface area contributed by atoms with Gasteiger partial charge in [-0.25, -0.2) is 9.37 Å². The Bertz CT molecular complexity index is 1110. The summed E-state index contributed by atoms with van der Waals surface area (Å²) in [5.41, 5.74) is 1.60. The molecule has 1 atom stereocenters. The highest BCUT2D eigenvalue weighted by molar-refractivity contribution is 6.07. The van der Waals surface area contributed by atoms with E-state index in [2.05, 4.69) is 10.1 Å². The third-order valence-corrected chi connectivity index (χ3v) is 5.33. The molecule has 0 bridgehead atoms. The van der Waals surface area contributed by atoms with E-state index in [9.17, 15) is 14.0 Å². The average Bonchev–Trinajstić information content (AvgIpc) is 3.14. The topological polar surface area (TPSA) is 85.5 Å². The highest BCUT2D eigenvalue weighted by atomic mass is 19.1. The molecular weight excluding hydrogens is 389 g/mol. The number of amides is 1. The van der Waals surface area contributed by atoms with E-state index in [0.717, 1.165) is 0 Å². The van der Waals surface area contributed by atoms with Gasteiger partial charge in [0.15, 0.2) is 0 Å². The molecule has 0 spiro atoms. The van der Waals surface area contributed by atoms with Crippen LogP contribution in [0.2, 0.25) is 0 Å². The fourth-order valence-electron chi connectivity index (χ4n) is 3.85. The van der Waals surface area contributed by atoms with Crippen LogP contribution in [0.15, 0.2) is 34.9 Å². The number of nitrogens with zero attached hydrogens (tertiary/aromatic N) is 3. The molecule has 2 aromatic heterocycles. The van der Waals surface area contributed by atoms with Gasteiger partial charge in [-0.3, -0.25) is 9.59 Å². The first-order valence-electron chi connectivity index (χ1n) is 9.97. The van der Waals surface area contributed by atoms with Gasteiger partial charge >= 0.3 is 5.97 Å². The van der Waals surface area contributed by atoms with Crippen LogP contribution in [0.25, 0.3) is 22.4 Å². The largest absolute Gasteiger partial charge is 0.466 e. The van der Waals surface area contributed by atoms with Crippen LogP contribution in [-0.2, 0) is 9.53 Å². The summed E-state index contributed by atoms with van der Waals surface area (Å²) in [5.74, 6) is -1.35. The minimum atomic E-state index is -0.445. The van der Waals surface area contributed by atoms with E-state index in [-0.39, 0.29) is 35.6 Å². The zero-order valence-corrected chi connectivity index (χ0v) is 16.9. The fraction of sp³-hybridized carbons (Fsp3) is 0.364. The second-order valence-electron chi connectivity index (χ2n) is 7.33. The van der Waals surface area contributed by atoms with Crippen molar-refractivity contribution in [3.63, 3.8) is 0 Å². The molecule has 0 saturated carbocycles. The van der Waals surface area contributed by atoms with E-state index >= 15 is 0 Å². The number of ether oxygens (including phenoxy) is 1. The number of hydrogen-bond donors (Lipinski definition) is 0. The lowest BCUT2D eigenvalue weighted by atomic mass is 9.96. The molecule has 156 valence electrons. The summed E-state index contributed by atoms with van der Waals surface area (Å²) in [7, 11) is 0. The Balaban J connectivity index is 1.74. The molecule has 1 aliphatic rings. The van der Waals surface area contributed by atoms with E-state index in [1.165, 1.54) is 6.07 Å². The van der Waals surface area contributed by atoms with Crippen LogP contribution >= 0.6 is 0 Å². The van der Waals surface area contributed by atoms with Crippen molar-refractivity contribution in [2.24, 2.45) is 5.92 Å². The lowest BCUT2D eigenvalue weighted by molar-refractivity contribution is -0.149. The van der Waals surface area contributed by atoms with Crippen LogP contribution in [0.1, 0.15) is 35.8 Å². The number of carbonyl (C=O) groups is 2. The van der Waals surface area contributed by atoms with Crippen molar-refractivity contribution in [1.82, 2.24) is 15.0 Å². The van der Waals surface area contributed by atoms with Crippen LogP contribution in [-0.4, -0.2) is 46.6 Å². The number of pyridine rings is 1. The zero-order valence-electron chi connectivity index (χ0n) is 16.9. The second-order valence-corrected chi connectivity index (χ2v) is 7.33. The van der Waals surface area contributed by atoms with E-state index in [0.29, 0.717) is 48.3 Å². The molecule has 8 heteroatoms. The fourth-order valence-corrected chi connectivity index (χ4v) is 3.85. The molecule has 3 aromatic rings. The zero-order chi connectivity index (χ0) is 21.3. The Morgan fingerprint density at radius 1 is 1.33 bits per heavy atom. The third kappa shape index (κ3) is 3.65. The molecule has 4 rings (SSSR count). The molecule has 0 aliphatic carbocycles. The van der Waals surface area contributed by atoms with Crippen molar-refractivity contribution in [2.75, 3.05) is 19.7 Å². The number of hydrogen-bond acceptors (Lipinski definition) is 6. The number of benzene rings is 1. The van der Waals surface area contributed by atoms with Gasteiger partial charge in [0.2, 0.25) is 0 Å². The minimum absolute atomic E-state index is 0.176. The van der Waals surface area contributed by atoms with Gasteiger partial charge < -0.3 is 14.2 Å². The Morgan fingerprint density at radius 3 is 2.90 bits per heavy atom. The molecule has 1 saturated heterocycles. The van der Waals surface area contributed by atoms with Crippen molar-refractivity contribution in [3.8, 4) is 11.3 Å². The monoisotopic (exact) mass is 411 g/mol. The minimum Gasteiger partial charge on any atom is -0.466 e. The molecule has 1 unspecified atom stereocenters. The second kappa shape index (κ2) is 8.22. The highest BCUT2D eigenvalue weighted by Crippen LogP contribution is 2.30. The number of aryl methyl sites for hydroxylation is 1. The molecule has 3 heterocycles. The van der Waals surface area contributed by atoms with Gasteiger partial charge in [0.05, 0.1) is 34.9 Å². The van der Waals surface area contributed by atoms with Crippen LogP contribution in [0.4, 0.5) is 4.39 Å². The summed E-state index contributed by atoms with van der Waals surface area (Å²) in [5, 5.41) is 4.43.